The second-order valence-corrected chi connectivity index (χ2v) is 5.67. The zero-order valence-electron chi connectivity index (χ0n) is 12.9. The molecular formula is C13H19ClN4O5. The molecule has 1 saturated carbocycles. The van der Waals surface area contributed by atoms with Crippen LogP contribution >= 0.6 is 11.6 Å². The SMILES string of the molecule is COC(=O)C1=CC(NC2CCC(OC)CC2)=NC(Cl)N1[N+](=O)[O-]. The first-order chi connectivity index (χ1) is 11.0. The first-order valence-electron chi connectivity index (χ1n) is 7.21. The van der Waals surface area contributed by atoms with Gasteiger partial charge in [0.15, 0.2) is 10.7 Å². The van der Waals surface area contributed by atoms with Crippen molar-refractivity contribution in [2.45, 2.75) is 43.5 Å². The van der Waals surface area contributed by atoms with E-state index in [0.717, 1.165) is 32.8 Å². The second-order valence-electron chi connectivity index (χ2n) is 5.28. The summed E-state index contributed by atoms with van der Waals surface area (Å²) in [4.78, 5) is 26.8. The van der Waals surface area contributed by atoms with Crippen LogP contribution in [0.15, 0.2) is 16.8 Å². The Morgan fingerprint density at radius 2 is 2.09 bits per heavy atom. The van der Waals surface area contributed by atoms with E-state index in [9.17, 15) is 14.9 Å². The first-order valence-corrected chi connectivity index (χ1v) is 7.64. The van der Waals surface area contributed by atoms with Gasteiger partial charge in [0.25, 0.3) is 5.62 Å². The molecule has 9 nitrogen and oxygen atoms in total. The summed E-state index contributed by atoms with van der Waals surface area (Å²) < 4.78 is 9.89. The summed E-state index contributed by atoms with van der Waals surface area (Å²) in [6.45, 7) is 0. The van der Waals surface area contributed by atoms with Crippen molar-refractivity contribution in [3.05, 3.63) is 21.9 Å². The molecule has 23 heavy (non-hydrogen) atoms. The van der Waals surface area contributed by atoms with E-state index in [-0.39, 0.29) is 17.8 Å². The van der Waals surface area contributed by atoms with E-state index in [1.165, 1.54) is 6.08 Å². The van der Waals surface area contributed by atoms with Crippen molar-refractivity contribution < 1.29 is 19.3 Å². The molecule has 1 unspecified atom stereocenters. The van der Waals surface area contributed by atoms with Gasteiger partial charge < -0.3 is 14.8 Å². The third-order valence-corrected chi connectivity index (χ3v) is 4.18. The van der Waals surface area contributed by atoms with E-state index in [1.54, 1.807) is 7.11 Å². The minimum atomic E-state index is -1.32. The molecule has 1 fully saturated rings. The molecule has 0 saturated heterocycles. The Morgan fingerprint density at radius 1 is 1.43 bits per heavy atom. The van der Waals surface area contributed by atoms with Crippen LogP contribution in [0, 0.1) is 10.1 Å². The zero-order chi connectivity index (χ0) is 17.0. The van der Waals surface area contributed by atoms with Crippen molar-refractivity contribution in [2.75, 3.05) is 14.2 Å². The lowest BCUT2D eigenvalue weighted by atomic mass is 9.93. The van der Waals surface area contributed by atoms with Crippen LogP contribution in [0.2, 0.25) is 0 Å². The van der Waals surface area contributed by atoms with E-state index in [0.29, 0.717) is 10.8 Å². The van der Waals surface area contributed by atoms with Crippen LogP contribution in [-0.4, -0.2) is 53.8 Å². The number of nitro groups is 1. The van der Waals surface area contributed by atoms with Crippen molar-refractivity contribution in [2.24, 2.45) is 4.99 Å². The lowest BCUT2D eigenvalue weighted by Gasteiger charge is -2.30. The lowest BCUT2D eigenvalue weighted by molar-refractivity contribution is -0.646. The summed E-state index contributed by atoms with van der Waals surface area (Å²) in [6.07, 6.45) is 5.14. The zero-order valence-corrected chi connectivity index (χ0v) is 13.7. The number of nitrogens with one attached hydrogen (secondary N) is 1. The maximum absolute atomic E-state index is 11.8. The molecule has 0 aromatic carbocycles. The highest BCUT2D eigenvalue weighted by atomic mass is 35.5. The fourth-order valence-electron chi connectivity index (χ4n) is 2.67. The Balaban J connectivity index is 2.10. The summed E-state index contributed by atoms with van der Waals surface area (Å²) in [5.41, 5.74) is -1.58. The van der Waals surface area contributed by atoms with E-state index in [4.69, 9.17) is 16.3 Å². The van der Waals surface area contributed by atoms with Gasteiger partial charge in [-0.3, -0.25) is 0 Å². The van der Waals surface area contributed by atoms with Gasteiger partial charge in [-0.2, -0.15) is 0 Å². The fraction of sp³-hybridized carbons (Fsp3) is 0.692. The Morgan fingerprint density at radius 3 is 2.61 bits per heavy atom. The van der Waals surface area contributed by atoms with Crippen molar-refractivity contribution in [1.82, 2.24) is 10.3 Å². The minimum absolute atomic E-state index is 0.154. The molecule has 10 heteroatoms. The molecule has 0 aromatic heterocycles. The van der Waals surface area contributed by atoms with Crippen molar-refractivity contribution >= 4 is 23.4 Å². The predicted molar refractivity (Wildman–Crippen MR) is 82.2 cm³/mol. The number of carbonyl (C=O) groups excluding carboxylic acids is 1. The summed E-state index contributed by atoms with van der Waals surface area (Å²) in [5.74, 6) is -0.506. The number of rotatable bonds is 4. The van der Waals surface area contributed by atoms with Crippen LogP contribution in [0.4, 0.5) is 0 Å². The molecule has 1 N–H and O–H groups in total. The number of hydrazine groups is 1. The van der Waals surface area contributed by atoms with Gasteiger partial charge in [-0.25, -0.2) is 19.9 Å². The monoisotopic (exact) mass is 346 g/mol. The molecule has 0 bridgehead atoms. The first kappa shape index (κ1) is 17.5. The quantitative estimate of drug-likeness (QED) is 0.266. The van der Waals surface area contributed by atoms with Crippen LogP contribution in [0.25, 0.3) is 0 Å². The highest BCUT2D eigenvalue weighted by Gasteiger charge is 2.37. The predicted octanol–water partition coefficient (Wildman–Crippen LogP) is 1.02. The van der Waals surface area contributed by atoms with Gasteiger partial charge in [-0.15, -0.1) is 0 Å². The molecule has 1 aliphatic heterocycles. The summed E-state index contributed by atoms with van der Waals surface area (Å²) in [7, 11) is 2.84. The number of amidine groups is 1. The number of ether oxygens (including phenoxy) is 2. The number of methoxy groups -OCH3 is 2. The topological polar surface area (TPSA) is 106 Å². The smallest absolute Gasteiger partial charge is 0.360 e. The molecular weight excluding hydrogens is 328 g/mol. The number of alkyl halides is 1. The van der Waals surface area contributed by atoms with E-state index < -0.39 is 16.6 Å². The Hall–Kier alpha value is -1.87. The Bertz CT molecular complexity index is 530. The summed E-state index contributed by atoms with van der Waals surface area (Å²) >= 11 is 5.92. The second kappa shape index (κ2) is 7.60. The molecule has 2 rings (SSSR count). The van der Waals surface area contributed by atoms with Crippen LogP contribution in [0.1, 0.15) is 25.7 Å². The summed E-state index contributed by atoms with van der Waals surface area (Å²) in [5, 5.41) is 13.9. The van der Waals surface area contributed by atoms with Gasteiger partial charge in [0, 0.05) is 19.2 Å². The largest absolute Gasteiger partial charge is 0.464 e. The standard InChI is InChI=1S/C13H19ClN4O5/c1-22-9-5-3-8(4-6-9)15-11-7-10(12(19)23-2)17(18(20)21)13(14)16-11/h7-9,13H,3-6H2,1-2H3,(H,15,16). The number of hydrogen-bond donors (Lipinski definition) is 1. The molecule has 0 radical (unpaired) electrons. The van der Waals surface area contributed by atoms with Gasteiger partial charge in [0.1, 0.15) is 5.84 Å². The number of esters is 1. The molecule has 0 amide bonds. The molecule has 1 heterocycles. The van der Waals surface area contributed by atoms with Crippen molar-refractivity contribution in [3.63, 3.8) is 0 Å². The van der Waals surface area contributed by atoms with Gasteiger partial charge in [0.2, 0.25) is 0 Å². The number of halogens is 1. The maximum Gasteiger partial charge on any atom is 0.360 e. The normalized spacial score (nSPS) is 27.8. The van der Waals surface area contributed by atoms with Crippen LogP contribution in [-0.2, 0) is 14.3 Å². The number of aliphatic imine (C=N–C) groups is 1. The maximum atomic E-state index is 11.8. The third-order valence-electron chi connectivity index (χ3n) is 3.90. The molecule has 128 valence electrons. The van der Waals surface area contributed by atoms with E-state index in [2.05, 4.69) is 15.0 Å². The third kappa shape index (κ3) is 4.11. The average molecular weight is 347 g/mol. The van der Waals surface area contributed by atoms with E-state index in [1.807, 2.05) is 0 Å². The van der Waals surface area contributed by atoms with Gasteiger partial charge >= 0.3 is 5.97 Å². The number of hydrogen-bond acceptors (Lipinski definition) is 7. The van der Waals surface area contributed by atoms with Gasteiger partial charge in [0.05, 0.1) is 13.2 Å². The molecule has 0 aromatic rings. The Labute approximate surface area is 138 Å². The highest BCUT2D eigenvalue weighted by molar-refractivity contribution is 6.22. The molecule has 0 spiro atoms. The van der Waals surface area contributed by atoms with Gasteiger partial charge in [-0.05, 0) is 30.7 Å². The minimum Gasteiger partial charge on any atom is -0.464 e. The van der Waals surface area contributed by atoms with Crippen LogP contribution < -0.4 is 5.32 Å². The molecule has 2 aliphatic rings. The van der Waals surface area contributed by atoms with Crippen molar-refractivity contribution in [1.29, 1.82) is 0 Å². The molecule has 1 atom stereocenters. The number of nitrogens with zero attached hydrogens (tertiary/aromatic N) is 3. The Kier molecular flexibility index (Phi) is 5.78. The van der Waals surface area contributed by atoms with Crippen LogP contribution in [0.3, 0.4) is 0 Å². The van der Waals surface area contributed by atoms with Crippen molar-refractivity contribution in [3.8, 4) is 0 Å². The van der Waals surface area contributed by atoms with Crippen LogP contribution in [0.5, 0.6) is 0 Å². The number of carbonyl (C=O) groups is 1. The highest BCUT2D eigenvalue weighted by Crippen LogP contribution is 2.23. The molecule has 1 aliphatic carbocycles. The van der Waals surface area contributed by atoms with Gasteiger partial charge in [-0.1, -0.05) is 11.6 Å². The fourth-order valence-corrected chi connectivity index (χ4v) is 2.95. The van der Waals surface area contributed by atoms with E-state index >= 15 is 0 Å². The average Bonchev–Trinajstić information content (AvgIpc) is 2.53. The summed E-state index contributed by atoms with van der Waals surface area (Å²) in [6, 6.07) is 0.154. The lowest BCUT2D eigenvalue weighted by Crippen LogP contribution is -2.45.